The van der Waals surface area contributed by atoms with Gasteiger partial charge in [-0.3, -0.25) is 4.79 Å². The third kappa shape index (κ3) is 5.48. The lowest BCUT2D eigenvalue weighted by molar-refractivity contribution is 0.100. The van der Waals surface area contributed by atoms with Crippen molar-refractivity contribution in [2.75, 3.05) is 20.6 Å². The van der Waals surface area contributed by atoms with Crippen LogP contribution in [0.4, 0.5) is 0 Å². The van der Waals surface area contributed by atoms with E-state index in [0.717, 1.165) is 13.1 Å². The Balaban J connectivity index is 2.52. The molecule has 4 nitrogen and oxygen atoms in total. The molecule has 3 N–H and O–H groups in total. The molecule has 21 heavy (non-hydrogen) atoms. The van der Waals surface area contributed by atoms with Crippen molar-refractivity contribution in [1.82, 2.24) is 10.2 Å². The van der Waals surface area contributed by atoms with Crippen LogP contribution in [0.1, 0.15) is 42.6 Å². The minimum atomic E-state index is -0.379. The van der Waals surface area contributed by atoms with E-state index in [0.29, 0.717) is 17.5 Å². The minimum Gasteiger partial charge on any atom is -0.366 e. The molecule has 0 radical (unpaired) electrons. The van der Waals surface area contributed by atoms with Gasteiger partial charge in [-0.25, -0.2) is 0 Å². The fraction of sp³-hybridized carbons (Fsp3) is 0.588. The second-order valence-corrected chi connectivity index (χ2v) is 5.80. The lowest BCUT2D eigenvalue weighted by Crippen LogP contribution is -2.42. The Kier molecular flexibility index (Phi) is 7.40. The van der Waals surface area contributed by atoms with Crippen LogP contribution in [0.5, 0.6) is 0 Å². The fourth-order valence-electron chi connectivity index (χ4n) is 2.75. The molecule has 0 spiro atoms. The lowest BCUT2D eigenvalue weighted by atomic mass is 9.93. The zero-order valence-corrected chi connectivity index (χ0v) is 13.7. The van der Waals surface area contributed by atoms with Gasteiger partial charge in [0.1, 0.15) is 0 Å². The Morgan fingerprint density at radius 1 is 1.19 bits per heavy atom. The van der Waals surface area contributed by atoms with Crippen LogP contribution in [0.3, 0.4) is 0 Å². The number of nitrogens with zero attached hydrogens (tertiary/aromatic N) is 1. The number of rotatable bonds is 9. The Morgan fingerprint density at radius 2 is 1.76 bits per heavy atom. The Bertz CT molecular complexity index is 424. The molecule has 1 rings (SSSR count). The lowest BCUT2D eigenvalue weighted by Gasteiger charge is -2.31. The van der Waals surface area contributed by atoms with Gasteiger partial charge in [0.2, 0.25) is 5.91 Å². The molecule has 0 saturated carbocycles. The third-order valence-electron chi connectivity index (χ3n) is 4.18. The maximum atomic E-state index is 11.0. The van der Waals surface area contributed by atoms with Crippen LogP contribution in [0, 0.1) is 5.92 Å². The molecule has 0 fully saturated rings. The summed E-state index contributed by atoms with van der Waals surface area (Å²) in [4.78, 5) is 13.3. The molecular formula is C17H29N3O. The molecule has 4 heteroatoms. The number of amides is 1. The van der Waals surface area contributed by atoms with E-state index in [-0.39, 0.29) is 5.91 Å². The fourth-order valence-corrected chi connectivity index (χ4v) is 2.75. The molecule has 0 aromatic heterocycles. The van der Waals surface area contributed by atoms with Crippen LogP contribution in [0.25, 0.3) is 0 Å². The Hall–Kier alpha value is -1.39. The quantitative estimate of drug-likeness (QED) is 0.733. The van der Waals surface area contributed by atoms with E-state index >= 15 is 0 Å². The number of nitrogens with two attached hydrogens (primary N) is 1. The first-order chi connectivity index (χ1) is 9.99. The summed E-state index contributed by atoms with van der Waals surface area (Å²) < 4.78 is 0. The van der Waals surface area contributed by atoms with Crippen molar-refractivity contribution in [3.05, 3.63) is 35.4 Å². The summed E-state index contributed by atoms with van der Waals surface area (Å²) in [6.45, 7) is 6.29. The van der Waals surface area contributed by atoms with Gasteiger partial charge in [0.05, 0.1) is 0 Å². The normalized spacial score (nSPS) is 12.9. The van der Waals surface area contributed by atoms with Crippen LogP contribution in [0.15, 0.2) is 24.3 Å². The summed E-state index contributed by atoms with van der Waals surface area (Å²) >= 11 is 0. The molecule has 1 aromatic rings. The number of hydrogen-bond donors (Lipinski definition) is 2. The Labute approximate surface area is 128 Å². The van der Waals surface area contributed by atoms with Gasteiger partial charge in [0.15, 0.2) is 0 Å². The van der Waals surface area contributed by atoms with Gasteiger partial charge in [0.25, 0.3) is 0 Å². The number of benzene rings is 1. The van der Waals surface area contributed by atoms with Gasteiger partial charge in [0, 0.05) is 24.7 Å². The van der Waals surface area contributed by atoms with E-state index in [1.807, 2.05) is 12.1 Å². The Morgan fingerprint density at radius 3 is 2.19 bits per heavy atom. The van der Waals surface area contributed by atoms with E-state index < -0.39 is 0 Å². The van der Waals surface area contributed by atoms with Crippen molar-refractivity contribution in [3.8, 4) is 0 Å². The number of nitrogens with one attached hydrogen (secondary N) is 1. The number of likely N-dealkylation sites (N-methyl/N-ethyl adjacent to an activating group) is 1. The maximum absolute atomic E-state index is 11.0. The average molecular weight is 291 g/mol. The molecule has 0 aliphatic heterocycles. The van der Waals surface area contributed by atoms with Crippen molar-refractivity contribution in [1.29, 1.82) is 0 Å². The molecule has 0 heterocycles. The van der Waals surface area contributed by atoms with E-state index in [9.17, 15) is 4.79 Å². The smallest absolute Gasteiger partial charge is 0.248 e. The first kappa shape index (κ1) is 17.7. The number of carbonyl (C=O) groups is 1. The summed E-state index contributed by atoms with van der Waals surface area (Å²) in [6.07, 6.45) is 2.41. The van der Waals surface area contributed by atoms with Crippen molar-refractivity contribution in [2.45, 2.75) is 39.3 Å². The van der Waals surface area contributed by atoms with E-state index in [1.165, 1.54) is 18.4 Å². The highest BCUT2D eigenvalue weighted by Crippen LogP contribution is 2.16. The summed E-state index contributed by atoms with van der Waals surface area (Å²) in [6, 6.07) is 8.02. The van der Waals surface area contributed by atoms with Crippen LogP contribution >= 0.6 is 0 Å². The van der Waals surface area contributed by atoms with Crippen molar-refractivity contribution in [3.63, 3.8) is 0 Å². The number of primary amides is 1. The monoisotopic (exact) mass is 291 g/mol. The highest BCUT2D eigenvalue weighted by Gasteiger charge is 2.19. The molecule has 1 atom stereocenters. The molecule has 1 aromatic carbocycles. The second kappa shape index (κ2) is 8.80. The van der Waals surface area contributed by atoms with Crippen molar-refractivity contribution >= 4 is 5.91 Å². The van der Waals surface area contributed by atoms with Crippen molar-refractivity contribution in [2.24, 2.45) is 11.7 Å². The largest absolute Gasteiger partial charge is 0.366 e. The maximum Gasteiger partial charge on any atom is 0.248 e. The average Bonchev–Trinajstić information content (AvgIpc) is 2.47. The second-order valence-electron chi connectivity index (χ2n) is 5.80. The van der Waals surface area contributed by atoms with Gasteiger partial charge in [-0.05, 0) is 37.7 Å². The minimum absolute atomic E-state index is 0.379. The number of hydrogen-bond acceptors (Lipinski definition) is 3. The highest BCUT2D eigenvalue weighted by molar-refractivity contribution is 5.92. The summed E-state index contributed by atoms with van der Waals surface area (Å²) in [5.74, 6) is 0.334. The predicted molar refractivity (Wildman–Crippen MR) is 88.2 cm³/mol. The van der Waals surface area contributed by atoms with E-state index in [2.05, 4.69) is 38.2 Å². The SMILES string of the molecule is CCC(CC)C(CNCc1ccc(C(N)=O)cc1)N(C)C. The van der Waals surface area contributed by atoms with Gasteiger partial charge < -0.3 is 16.0 Å². The molecule has 1 unspecified atom stereocenters. The number of carbonyl (C=O) groups excluding carboxylic acids is 1. The zero-order valence-electron chi connectivity index (χ0n) is 13.7. The van der Waals surface area contributed by atoms with Crippen LogP contribution in [0.2, 0.25) is 0 Å². The molecular weight excluding hydrogens is 262 g/mol. The summed E-state index contributed by atoms with van der Waals surface area (Å²) in [5, 5.41) is 3.52. The molecule has 0 aliphatic carbocycles. The van der Waals surface area contributed by atoms with Crippen LogP contribution in [-0.4, -0.2) is 37.5 Å². The van der Waals surface area contributed by atoms with E-state index in [4.69, 9.17) is 5.73 Å². The molecule has 118 valence electrons. The van der Waals surface area contributed by atoms with E-state index in [1.54, 1.807) is 12.1 Å². The van der Waals surface area contributed by atoms with Crippen molar-refractivity contribution < 1.29 is 4.79 Å². The predicted octanol–water partition coefficient (Wildman–Crippen LogP) is 2.24. The van der Waals surface area contributed by atoms with Gasteiger partial charge >= 0.3 is 0 Å². The zero-order chi connectivity index (χ0) is 15.8. The first-order valence-electron chi connectivity index (χ1n) is 7.75. The molecule has 0 aliphatic rings. The summed E-state index contributed by atoms with van der Waals surface area (Å²) in [5.41, 5.74) is 6.97. The van der Waals surface area contributed by atoms with Crippen LogP contribution in [-0.2, 0) is 6.54 Å². The topological polar surface area (TPSA) is 58.4 Å². The van der Waals surface area contributed by atoms with Gasteiger partial charge in [-0.1, -0.05) is 38.8 Å². The molecule has 1 amide bonds. The van der Waals surface area contributed by atoms with Gasteiger partial charge in [-0.15, -0.1) is 0 Å². The standard InChI is InChI=1S/C17H29N3O/c1-5-14(6-2)16(20(3)4)12-19-11-13-7-9-15(10-8-13)17(18)21/h7-10,14,16,19H,5-6,11-12H2,1-4H3,(H2,18,21). The first-order valence-corrected chi connectivity index (χ1v) is 7.75. The molecule has 0 bridgehead atoms. The third-order valence-corrected chi connectivity index (χ3v) is 4.18. The molecule has 0 saturated heterocycles. The highest BCUT2D eigenvalue weighted by atomic mass is 16.1. The van der Waals surface area contributed by atoms with Crippen LogP contribution < -0.4 is 11.1 Å². The summed E-state index contributed by atoms with van der Waals surface area (Å²) in [7, 11) is 4.29. The van der Waals surface area contributed by atoms with Gasteiger partial charge in [-0.2, -0.15) is 0 Å².